The number of carboxylic acid groups (broad SMARTS) is 1. The van der Waals surface area contributed by atoms with Gasteiger partial charge in [-0.1, -0.05) is 0 Å². The quantitative estimate of drug-likeness (QED) is 0.909. The first-order valence-electron chi connectivity index (χ1n) is 5.78. The zero-order valence-corrected chi connectivity index (χ0v) is 10.8. The number of hydrogen-bond acceptors (Lipinski definition) is 4. The number of carbonyl (C=O) groups is 1. The van der Waals surface area contributed by atoms with Crippen LogP contribution in [0.2, 0.25) is 0 Å². The van der Waals surface area contributed by atoms with Crippen molar-refractivity contribution < 1.29 is 14.6 Å². The van der Waals surface area contributed by atoms with Crippen LogP contribution in [0.25, 0.3) is 11.3 Å². The molecule has 1 N–H and O–H groups in total. The van der Waals surface area contributed by atoms with Crippen molar-refractivity contribution >= 4 is 5.97 Å². The number of ether oxygens (including phenoxy) is 1. The highest BCUT2D eigenvalue weighted by atomic mass is 16.5. The normalized spacial score (nSPS) is 10.2. The first kappa shape index (κ1) is 13.0. The monoisotopic (exact) mass is 258 g/mol. The Hall–Kier alpha value is -2.43. The third-order valence-electron chi connectivity index (χ3n) is 2.76. The summed E-state index contributed by atoms with van der Waals surface area (Å²) in [6.07, 6.45) is 2.91. The molecule has 0 aliphatic rings. The fourth-order valence-electron chi connectivity index (χ4n) is 1.91. The fourth-order valence-corrected chi connectivity index (χ4v) is 1.91. The van der Waals surface area contributed by atoms with E-state index in [0.29, 0.717) is 11.4 Å². The van der Waals surface area contributed by atoms with Crippen LogP contribution in [0, 0.1) is 6.92 Å². The second-order valence-corrected chi connectivity index (χ2v) is 4.11. The van der Waals surface area contributed by atoms with Gasteiger partial charge in [-0.15, -0.1) is 0 Å². The molecule has 0 spiro atoms. The summed E-state index contributed by atoms with van der Waals surface area (Å²) < 4.78 is 5.20. The highest BCUT2D eigenvalue weighted by molar-refractivity contribution is 5.74. The SMILES string of the molecule is COc1ccc(-c2nccnc2CC(=O)O)cc1C. The van der Waals surface area contributed by atoms with Crippen LogP contribution in [0.15, 0.2) is 30.6 Å². The molecule has 0 atom stereocenters. The van der Waals surface area contributed by atoms with E-state index in [-0.39, 0.29) is 6.42 Å². The molecule has 5 nitrogen and oxygen atoms in total. The molecular weight excluding hydrogens is 244 g/mol. The predicted octanol–water partition coefficient (Wildman–Crippen LogP) is 2.09. The Balaban J connectivity index is 2.46. The van der Waals surface area contributed by atoms with Crippen LogP contribution < -0.4 is 4.74 Å². The third kappa shape index (κ3) is 2.88. The van der Waals surface area contributed by atoms with Crippen molar-refractivity contribution in [3.63, 3.8) is 0 Å². The van der Waals surface area contributed by atoms with Gasteiger partial charge in [-0.2, -0.15) is 0 Å². The summed E-state index contributed by atoms with van der Waals surface area (Å²) in [5.74, 6) is -0.139. The summed E-state index contributed by atoms with van der Waals surface area (Å²) in [7, 11) is 1.61. The summed E-state index contributed by atoms with van der Waals surface area (Å²) in [5.41, 5.74) is 2.85. The van der Waals surface area contributed by atoms with Gasteiger partial charge in [0.15, 0.2) is 0 Å². The summed E-state index contributed by atoms with van der Waals surface area (Å²) in [5, 5.41) is 8.89. The maximum Gasteiger partial charge on any atom is 0.309 e. The topological polar surface area (TPSA) is 72.3 Å². The van der Waals surface area contributed by atoms with Gasteiger partial charge in [0.25, 0.3) is 0 Å². The van der Waals surface area contributed by atoms with Crippen molar-refractivity contribution in [2.45, 2.75) is 13.3 Å². The van der Waals surface area contributed by atoms with Crippen molar-refractivity contribution in [1.82, 2.24) is 9.97 Å². The number of rotatable bonds is 4. The summed E-state index contributed by atoms with van der Waals surface area (Å²) in [6, 6.07) is 5.60. The first-order valence-corrected chi connectivity index (χ1v) is 5.78. The van der Waals surface area contributed by atoms with Crippen LogP contribution in [0.5, 0.6) is 5.75 Å². The minimum atomic E-state index is -0.924. The molecule has 0 radical (unpaired) electrons. The number of aliphatic carboxylic acids is 1. The largest absolute Gasteiger partial charge is 0.496 e. The Labute approximate surface area is 110 Å². The maximum atomic E-state index is 10.8. The number of aromatic nitrogens is 2. The minimum absolute atomic E-state index is 0.145. The van der Waals surface area contributed by atoms with Gasteiger partial charge in [0.1, 0.15) is 5.75 Å². The molecule has 0 saturated heterocycles. The molecule has 0 saturated carbocycles. The van der Waals surface area contributed by atoms with E-state index in [9.17, 15) is 4.79 Å². The van der Waals surface area contributed by atoms with E-state index in [4.69, 9.17) is 9.84 Å². The molecule has 0 aliphatic carbocycles. The molecule has 1 aromatic carbocycles. The lowest BCUT2D eigenvalue weighted by Crippen LogP contribution is -2.05. The minimum Gasteiger partial charge on any atom is -0.496 e. The average Bonchev–Trinajstić information content (AvgIpc) is 2.38. The van der Waals surface area contributed by atoms with Crippen LogP contribution in [0.4, 0.5) is 0 Å². The van der Waals surface area contributed by atoms with Crippen LogP contribution in [0.1, 0.15) is 11.3 Å². The number of aryl methyl sites for hydroxylation is 1. The molecule has 2 rings (SSSR count). The average molecular weight is 258 g/mol. The zero-order chi connectivity index (χ0) is 13.8. The van der Waals surface area contributed by atoms with Crippen LogP contribution in [-0.4, -0.2) is 28.2 Å². The van der Waals surface area contributed by atoms with Gasteiger partial charge >= 0.3 is 5.97 Å². The Morgan fingerprint density at radius 1 is 1.32 bits per heavy atom. The summed E-state index contributed by atoms with van der Waals surface area (Å²) in [6.45, 7) is 1.93. The maximum absolute atomic E-state index is 10.8. The van der Waals surface area contributed by atoms with Crippen molar-refractivity contribution in [1.29, 1.82) is 0 Å². The van der Waals surface area contributed by atoms with Gasteiger partial charge in [-0.3, -0.25) is 14.8 Å². The predicted molar refractivity (Wildman–Crippen MR) is 70.1 cm³/mol. The molecule has 2 aromatic rings. The Kier molecular flexibility index (Phi) is 3.75. The molecule has 0 fully saturated rings. The molecule has 0 amide bonds. The number of nitrogens with zero attached hydrogens (tertiary/aromatic N) is 2. The number of carboxylic acids is 1. The molecule has 19 heavy (non-hydrogen) atoms. The Bertz CT molecular complexity index is 611. The van der Waals surface area contributed by atoms with E-state index in [2.05, 4.69) is 9.97 Å². The molecule has 98 valence electrons. The van der Waals surface area contributed by atoms with Crippen molar-refractivity contribution in [3.05, 3.63) is 41.9 Å². The van der Waals surface area contributed by atoms with Gasteiger partial charge in [0.05, 0.1) is 24.9 Å². The third-order valence-corrected chi connectivity index (χ3v) is 2.76. The van der Waals surface area contributed by atoms with Gasteiger partial charge in [-0.05, 0) is 30.7 Å². The van der Waals surface area contributed by atoms with Gasteiger partial charge < -0.3 is 9.84 Å². The van der Waals surface area contributed by atoms with E-state index in [1.54, 1.807) is 13.3 Å². The lowest BCUT2D eigenvalue weighted by molar-refractivity contribution is -0.136. The molecule has 5 heteroatoms. The second-order valence-electron chi connectivity index (χ2n) is 4.11. The van der Waals surface area contributed by atoms with Gasteiger partial charge in [0, 0.05) is 18.0 Å². The second kappa shape index (κ2) is 5.48. The summed E-state index contributed by atoms with van der Waals surface area (Å²) >= 11 is 0. The molecule has 0 unspecified atom stereocenters. The van der Waals surface area contributed by atoms with Gasteiger partial charge in [0.2, 0.25) is 0 Å². The Morgan fingerprint density at radius 3 is 2.68 bits per heavy atom. The van der Waals surface area contributed by atoms with Crippen molar-refractivity contribution in [2.24, 2.45) is 0 Å². The smallest absolute Gasteiger partial charge is 0.309 e. The van der Waals surface area contributed by atoms with E-state index in [1.165, 1.54) is 6.20 Å². The van der Waals surface area contributed by atoms with E-state index < -0.39 is 5.97 Å². The first-order chi connectivity index (χ1) is 9.11. The molecule has 1 heterocycles. The van der Waals surface area contributed by atoms with Crippen molar-refractivity contribution in [3.8, 4) is 17.0 Å². The van der Waals surface area contributed by atoms with Crippen LogP contribution >= 0.6 is 0 Å². The fraction of sp³-hybridized carbons (Fsp3) is 0.214. The highest BCUT2D eigenvalue weighted by Crippen LogP contribution is 2.26. The van der Waals surface area contributed by atoms with Gasteiger partial charge in [-0.25, -0.2) is 0 Å². The molecular formula is C14H14N2O3. The van der Waals surface area contributed by atoms with E-state index >= 15 is 0 Å². The van der Waals surface area contributed by atoms with E-state index in [0.717, 1.165) is 16.9 Å². The van der Waals surface area contributed by atoms with Crippen LogP contribution in [-0.2, 0) is 11.2 Å². The molecule has 1 aromatic heterocycles. The van der Waals surface area contributed by atoms with Crippen molar-refractivity contribution in [2.75, 3.05) is 7.11 Å². The zero-order valence-electron chi connectivity index (χ0n) is 10.8. The Morgan fingerprint density at radius 2 is 2.05 bits per heavy atom. The molecule has 0 bridgehead atoms. The lowest BCUT2D eigenvalue weighted by atomic mass is 10.0. The summed E-state index contributed by atoms with van der Waals surface area (Å²) in [4.78, 5) is 19.2. The molecule has 0 aliphatic heterocycles. The number of hydrogen-bond donors (Lipinski definition) is 1. The highest BCUT2D eigenvalue weighted by Gasteiger charge is 2.12. The standard InChI is InChI=1S/C14H14N2O3/c1-9-7-10(3-4-12(9)19-2)14-11(8-13(17)18)15-5-6-16-14/h3-7H,8H2,1-2H3,(H,17,18). The number of methoxy groups -OCH3 is 1. The van der Waals surface area contributed by atoms with Crippen LogP contribution in [0.3, 0.4) is 0 Å². The lowest BCUT2D eigenvalue weighted by Gasteiger charge is -2.09. The van der Waals surface area contributed by atoms with E-state index in [1.807, 2.05) is 25.1 Å². The number of benzene rings is 1.